The third-order valence-corrected chi connectivity index (χ3v) is 1.31. The highest BCUT2D eigenvalue weighted by atomic mass is 16.6. The first-order valence-corrected chi connectivity index (χ1v) is 3.94. The third kappa shape index (κ3) is 4.31. The molecular formula is C8H16O4. The number of hydrogen-bond acceptors (Lipinski definition) is 4. The van der Waals surface area contributed by atoms with E-state index in [4.69, 9.17) is 14.2 Å². The van der Waals surface area contributed by atoms with Crippen molar-refractivity contribution in [2.24, 2.45) is 0 Å². The summed E-state index contributed by atoms with van der Waals surface area (Å²) in [5, 5.41) is 0. The number of methoxy groups -OCH3 is 2. The quantitative estimate of drug-likeness (QED) is 0.556. The summed E-state index contributed by atoms with van der Waals surface area (Å²) in [4.78, 5) is 11.1. The van der Waals surface area contributed by atoms with Gasteiger partial charge in [0.05, 0.1) is 13.2 Å². The number of carbonyl (C=O) groups excluding carboxylic acids is 1. The van der Waals surface area contributed by atoms with E-state index in [1.807, 2.05) is 6.92 Å². The Labute approximate surface area is 72.8 Å². The average Bonchev–Trinajstić information content (AvgIpc) is 2.10. The van der Waals surface area contributed by atoms with Crippen LogP contribution in [0.1, 0.15) is 13.3 Å². The van der Waals surface area contributed by atoms with Crippen LogP contribution in [0.15, 0.2) is 0 Å². The molecule has 0 N–H and O–H groups in total. The van der Waals surface area contributed by atoms with Gasteiger partial charge in [-0.15, -0.1) is 0 Å². The Bertz CT molecular complexity index is 124. The molecule has 0 aromatic rings. The van der Waals surface area contributed by atoms with Crippen molar-refractivity contribution < 1.29 is 19.0 Å². The van der Waals surface area contributed by atoms with Gasteiger partial charge in [-0.1, -0.05) is 6.92 Å². The van der Waals surface area contributed by atoms with Gasteiger partial charge in [-0.2, -0.15) is 0 Å². The third-order valence-electron chi connectivity index (χ3n) is 1.31. The summed E-state index contributed by atoms with van der Waals surface area (Å²) < 4.78 is 14.5. The van der Waals surface area contributed by atoms with Gasteiger partial charge < -0.3 is 14.2 Å². The lowest BCUT2D eigenvalue weighted by molar-refractivity contribution is -0.158. The number of rotatable bonds is 6. The molecule has 0 aliphatic heterocycles. The molecule has 4 heteroatoms. The molecule has 0 bridgehead atoms. The first-order chi connectivity index (χ1) is 5.76. The minimum atomic E-state index is -0.596. The standard InChI is InChI=1S/C8H16O4/c1-4-5-12-8(9)7(11-3)6-10-2/h7H,4-6H2,1-3H3/t7-/m1/s1. The molecule has 0 saturated carbocycles. The maximum Gasteiger partial charge on any atom is 0.337 e. The van der Waals surface area contributed by atoms with Crippen LogP contribution in [0.5, 0.6) is 0 Å². The largest absolute Gasteiger partial charge is 0.464 e. The summed E-state index contributed by atoms with van der Waals surface area (Å²) in [6.07, 6.45) is 0.219. The minimum absolute atomic E-state index is 0.235. The molecule has 0 amide bonds. The summed E-state index contributed by atoms with van der Waals surface area (Å²) in [5.41, 5.74) is 0. The Kier molecular flexibility index (Phi) is 6.70. The van der Waals surface area contributed by atoms with Gasteiger partial charge in [0.2, 0.25) is 0 Å². The van der Waals surface area contributed by atoms with Crippen molar-refractivity contribution in [1.29, 1.82) is 0 Å². The number of hydrogen-bond donors (Lipinski definition) is 0. The molecule has 0 unspecified atom stereocenters. The van der Waals surface area contributed by atoms with Crippen molar-refractivity contribution in [3.63, 3.8) is 0 Å². The lowest BCUT2D eigenvalue weighted by Crippen LogP contribution is -2.29. The number of ether oxygens (including phenoxy) is 3. The van der Waals surface area contributed by atoms with Gasteiger partial charge >= 0.3 is 5.97 Å². The van der Waals surface area contributed by atoms with Crippen LogP contribution in [0.25, 0.3) is 0 Å². The lowest BCUT2D eigenvalue weighted by Gasteiger charge is -2.12. The molecule has 1 atom stereocenters. The van der Waals surface area contributed by atoms with Gasteiger partial charge in [0.1, 0.15) is 0 Å². The molecular weight excluding hydrogens is 160 g/mol. The molecule has 72 valence electrons. The molecule has 0 radical (unpaired) electrons. The smallest absolute Gasteiger partial charge is 0.337 e. The van der Waals surface area contributed by atoms with Crippen LogP contribution in [-0.4, -0.2) is 39.5 Å². The molecule has 4 nitrogen and oxygen atoms in total. The van der Waals surface area contributed by atoms with Crippen LogP contribution in [-0.2, 0) is 19.0 Å². The second kappa shape index (κ2) is 7.06. The zero-order valence-electron chi connectivity index (χ0n) is 7.83. The molecule has 0 saturated heterocycles. The van der Waals surface area contributed by atoms with Crippen LogP contribution in [0.4, 0.5) is 0 Å². The second-order valence-corrected chi connectivity index (χ2v) is 2.35. The second-order valence-electron chi connectivity index (χ2n) is 2.35. The minimum Gasteiger partial charge on any atom is -0.464 e. The number of carbonyl (C=O) groups is 1. The van der Waals surface area contributed by atoms with Crippen molar-refractivity contribution in [3.8, 4) is 0 Å². The van der Waals surface area contributed by atoms with Gasteiger partial charge in [0, 0.05) is 14.2 Å². The van der Waals surface area contributed by atoms with Gasteiger partial charge in [-0.25, -0.2) is 4.79 Å². The van der Waals surface area contributed by atoms with Crippen molar-refractivity contribution >= 4 is 5.97 Å². The van der Waals surface area contributed by atoms with E-state index in [1.165, 1.54) is 14.2 Å². The van der Waals surface area contributed by atoms with Gasteiger partial charge in [-0.05, 0) is 6.42 Å². The molecule has 0 aliphatic carbocycles. The Morgan fingerprint density at radius 3 is 2.50 bits per heavy atom. The topological polar surface area (TPSA) is 44.8 Å². The summed E-state index contributed by atoms with van der Waals surface area (Å²) in [6, 6.07) is 0. The predicted octanol–water partition coefficient (Wildman–Crippen LogP) is 0.601. The Hall–Kier alpha value is -0.610. The fourth-order valence-electron chi connectivity index (χ4n) is 0.679. The van der Waals surface area contributed by atoms with E-state index in [0.29, 0.717) is 6.61 Å². The van der Waals surface area contributed by atoms with E-state index >= 15 is 0 Å². The van der Waals surface area contributed by atoms with Crippen LogP contribution >= 0.6 is 0 Å². The number of esters is 1. The molecule has 0 heterocycles. The van der Waals surface area contributed by atoms with Crippen LogP contribution in [0.2, 0.25) is 0 Å². The van der Waals surface area contributed by atoms with Crippen LogP contribution in [0.3, 0.4) is 0 Å². The summed E-state index contributed by atoms with van der Waals surface area (Å²) in [5.74, 6) is -0.360. The monoisotopic (exact) mass is 176 g/mol. The van der Waals surface area contributed by atoms with Crippen molar-refractivity contribution in [2.45, 2.75) is 19.4 Å². The molecule has 0 fully saturated rings. The SMILES string of the molecule is CCCOC(=O)[C@@H](COC)OC. The highest BCUT2D eigenvalue weighted by Gasteiger charge is 2.18. The van der Waals surface area contributed by atoms with Crippen molar-refractivity contribution in [1.82, 2.24) is 0 Å². The van der Waals surface area contributed by atoms with Crippen molar-refractivity contribution in [3.05, 3.63) is 0 Å². The predicted molar refractivity (Wildman–Crippen MR) is 43.9 cm³/mol. The zero-order valence-corrected chi connectivity index (χ0v) is 7.83. The highest BCUT2D eigenvalue weighted by Crippen LogP contribution is 1.95. The normalized spacial score (nSPS) is 12.6. The molecule has 0 spiro atoms. The van der Waals surface area contributed by atoms with E-state index in [1.54, 1.807) is 0 Å². The Morgan fingerprint density at radius 2 is 2.08 bits per heavy atom. The van der Waals surface area contributed by atoms with E-state index < -0.39 is 6.10 Å². The lowest BCUT2D eigenvalue weighted by atomic mass is 10.4. The first-order valence-electron chi connectivity index (χ1n) is 3.94. The molecule has 12 heavy (non-hydrogen) atoms. The first kappa shape index (κ1) is 11.4. The van der Waals surface area contributed by atoms with Crippen LogP contribution in [0, 0.1) is 0 Å². The average molecular weight is 176 g/mol. The molecule has 0 aliphatic rings. The van der Waals surface area contributed by atoms with E-state index in [2.05, 4.69) is 0 Å². The van der Waals surface area contributed by atoms with E-state index in [0.717, 1.165) is 6.42 Å². The van der Waals surface area contributed by atoms with E-state index in [9.17, 15) is 4.79 Å². The zero-order chi connectivity index (χ0) is 9.40. The fraction of sp³-hybridized carbons (Fsp3) is 0.875. The highest BCUT2D eigenvalue weighted by molar-refractivity contribution is 5.74. The summed E-state index contributed by atoms with van der Waals surface area (Å²) in [7, 11) is 2.97. The fourth-order valence-corrected chi connectivity index (χ4v) is 0.679. The maximum absolute atomic E-state index is 11.1. The molecule has 0 aromatic heterocycles. The Balaban J connectivity index is 3.69. The summed E-state index contributed by atoms with van der Waals surface area (Å²) >= 11 is 0. The van der Waals surface area contributed by atoms with Gasteiger partial charge in [0.15, 0.2) is 6.10 Å². The van der Waals surface area contributed by atoms with Gasteiger partial charge in [-0.3, -0.25) is 0 Å². The van der Waals surface area contributed by atoms with Crippen LogP contribution < -0.4 is 0 Å². The Morgan fingerprint density at radius 1 is 1.42 bits per heavy atom. The molecule has 0 rings (SSSR count). The maximum atomic E-state index is 11.1. The van der Waals surface area contributed by atoms with Gasteiger partial charge in [0.25, 0.3) is 0 Å². The van der Waals surface area contributed by atoms with Crippen molar-refractivity contribution in [2.75, 3.05) is 27.4 Å². The van der Waals surface area contributed by atoms with E-state index in [-0.39, 0.29) is 12.6 Å². The molecule has 0 aromatic carbocycles. The summed E-state index contributed by atoms with van der Waals surface area (Å²) in [6.45, 7) is 2.60.